The largest absolute Gasteiger partial charge is 0.433 e. The molecule has 12 heteroatoms. The van der Waals surface area contributed by atoms with E-state index in [0.717, 1.165) is 18.7 Å². The lowest BCUT2D eigenvalue weighted by Crippen LogP contribution is -2.72. The fraction of sp³-hybridized carbons (Fsp3) is 0.808. The van der Waals surface area contributed by atoms with Crippen molar-refractivity contribution >= 4 is 11.9 Å². The van der Waals surface area contributed by atoms with Crippen LogP contribution in [-0.4, -0.2) is 94.7 Å². The van der Waals surface area contributed by atoms with Gasteiger partial charge in [-0.2, -0.15) is 13.2 Å². The quantitative estimate of drug-likeness (QED) is 0.567. The van der Waals surface area contributed by atoms with E-state index in [1.165, 1.54) is 0 Å². The molecule has 1 aromatic heterocycles. The maximum Gasteiger partial charge on any atom is 0.433 e. The van der Waals surface area contributed by atoms with Gasteiger partial charge in [0, 0.05) is 44.5 Å². The van der Waals surface area contributed by atoms with Crippen molar-refractivity contribution in [2.75, 3.05) is 38.3 Å². The molecular weight excluding hydrogens is 503 g/mol. The number of rotatable bonds is 6. The zero-order valence-electron chi connectivity index (χ0n) is 22.4. The summed E-state index contributed by atoms with van der Waals surface area (Å²) in [6, 6.07) is 0.719. The van der Waals surface area contributed by atoms with Crippen LogP contribution in [0.3, 0.4) is 0 Å². The van der Waals surface area contributed by atoms with Crippen LogP contribution in [0, 0.1) is 5.41 Å². The van der Waals surface area contributed by atoms with E-state index >= 15 is 0 Å². The lowest BCUT2D eigenvalue weighted by atomic mass is 9.73. The van der Waals surface area contributed by atoms with E-state index in [0.29, 0.717) is 52.0 Å². The Morgan fingerprint density at radius 2 is 2.03 bits per heavy atom. The average molecular weight is 542 g/mol. The molecule has 4 heterocycles. The van der Waals surface area contributed by atoms with Crippen molar-refractivity contribution < 1.29 is 32.5 Å². The molecule has 0 unspecified atom stereocenters. The highest BCUT2D eigenvalue weighted by Gasteiger charge is 2.56. The number of carbonyl (C=O) groups is 1. The number of alkyl halides is 3. The number of hydrogen-bond acceptors (Lipinski definition) is 8. The molecule has 1 aromatic rings. The molecule has 38 heavy (non-hydrogen) atoms. The molecule has 1 amide bonds. The number of amides is 1. The van der Waals surface area contributed by atoms with E-state index in [2.05, 4.69) is 15.3 Å². The number of hydrogen-bond donors (Lipinski definition) is 2. The molecule has 0 aromatic carbocycles. The summed E-state index contributed by atoms with van der Waals surface area (Å²) in [6.07, 6.45) is -0.276. The Balaban J connectivity index is 1.25. The van der Waals surface area contributed by atoms with Crippen LogP contribution in [0.15, 0.2) is 12.3 Å². The summed E-state index contributed by atoms with van der Waals surface area (Å²) in [6.45, 7) is 7.36. The number of piperazine rings is 1. The number of nitrogens with one attached hydrogen (secondary N) is 1. The first-order chi connectivity index (χ1) is 17.8. The summed E-state index contributed by atoms with van der Waals surface area (Å²) in [4.78, 5) is 25.4. The molecule has 2 bridgehead atoms. The van der Waals surface area contributed by atoms with E-state index in [1.54, 1.807) is 25.9 Å². The lowest BCUT2D eigenvalue weighted by molar-refractivity contribution is -0.162. The van der Waals surface area contributed by atoms with Gasteiger partial charge in [0.25, 0.3) is 0 Å². The van der Waals surface area contributed by atoms with Gasteiger partial charge in [0.2, 0.25) is 11.9 Å². The molecule has 1 saturated carbocycles. The first kappa shape index (κ1) is 27.5. The number of carbonyl (C=O) groups excluding carboxylic acids is 1. The zero-order chi connectivity index (χ0) is 27.5. The molecule has 3 aliphatic heterocycles. The van der Waals surface area contributed by atoms with Gasteiger partial charge < -0.3 is 29.7 Å². The monoisotopic (exact) mass is 541 g/mol. The van der Waals surface area contributed by atoms with Crippen molar-refractivity contribution in [1.82, 2.24) is 20.2 Å². The third-order valence-corrected chi connectivity index (χ3v) is 9.25. The molecule has 9 nitrogen and oxygen atoms in total. The van der Waals surface area contributed by atoms with Crippen molar-refractivity contribution in [1.29, 1.82) is 0 Å². The second-order valence-electron chi connectivity index (χ2n) is 12.1. The number of nitrogens with zero attached hydrogens (tertiary/aromatic N) is 4. The van der Waals surface area contributed by atoms with E-state index in [-0.39, 0.29) is 36.1 Å². The van der Waals surface area contributed by atoms with E-state index in [1.807, 2.05) is 11.8 Å². The number of fused-ring (bicyclic) bond motifs is 2. The van der Waals surface area contributed by atoms with E-state index in [9.17, 15) is 23.1 Å². The number of aromatic nitrogens is 2. The summed E-state index contributed by atoms with van der Waals surface area (Å²) in [5.41, 5.74) is -3.28. The Hall–Kier alpha value is -2.02. The maximum atomic E-state index is 13.8. The minimum atomic E-state index is -4.53. The highest BCUT2D eigenvalue weighted by atomic mass is 19.4. The van der Waals surface area contributed by atoms with Crippen LogP contribution in [0.4, 0.5) is 19.1 Å². The molecule has 212 valence electrons. The minimum Gasteiger partial charge on any atom is -0.388 e. The van der Waals surface area contributed by atoms with Crippen LogP contribution in [-0.2, 0) is 20.4 Å². The predicted octanol–water partition coefficient (Wildman–Crippen LogP) is 2.38. The second kappa shape index (κ2) is 9.57. The fourth-order valence-electron chi connectivity index (χ4n) is 7.11. The van der Waals surface area contributed by atoms with E-state index < -0.39 is 28.4 Å². The molecule has 6 atom stereocenters. The zero-order valence-corrected chi connectivity index (χ0v) is 22.4. The average Bonchev–Trinajstić information content (AvgIpc) is 3.57. The molecule has 0 radical (unpaired) electrons. The van der Waals surface area contributed by atoms with Gasteiger partial charge in [-0.15, -0.1) is 0 Å². The normalized spacial score (nSPS) is 35.8. The van der Waals surface area contributed by atoms with Crippen molar-refractivity contribution in [3.63, 3.8) is 0 Å². The van der Waals surface area contributed by atoms with E-state index in [4.69, 9.17) is 9.47 Å². The van der Waals surface area contributed by atoms with Crippen molar-refractivity contribution in [3.05, 3.63) is 18.0 Å². The predicted molar refractivity (Wildman–Crippen MR) is 132 cm³/mol. The number of likely N-dealkylation sites (tertiary alicyclic amines) is 1. The second-order valence-corrected chi connectivity index (χ2v) is 12.1. The Bertz CT molecular complexity index is 1050. The molecule has 3 saturated heterocycles. The van der Waals surface area contributed by atoms with Crippen molar-refractivity contribution in [2.24, 2.45) is 5.41 Å². The van der Waals surface area contributed by atoms with Crippen LogP contribution >= 0.6 is 0 Å². The fourth-order valence-corrected chi connectivity index (χ4v) is 7.11. The van der Waals surface area contributed by atoms with Gasteiger partial charge in [-0.05, 0) is 52.0 Å². The first-order valence-corrected chi connectivity index (χ1v) is 13.4. The molecule has 5 rings (SSSR count). The molecule has 4 fully saturated rings. The third kappa shape index (κ3) is 4.67. The number of methoxy groups -OCH3 is 1. The van der Waals surface area contributed by atoms with Crippen LogP contribution in [0.25, 0.3) is 0 Å². The molecular formula is C26H38F3N5O4. The summed E-state index contributed by atoms with van der Waals surface area (Å²) in [7, 11) is 1.62. The topological polar surface area (TPSA) is 100 Å². The molecule has 0 spiro atoms. The van der Waals surface area contributed by atoms with Crippen LogP contribution in [0.5, 0.6) is 0 Å². The first-order valence-electron chi connectivity index (χ1n) is 13.4. The number of halogens is 3. The van der Waals surface area contributed by atoms with Crippen LogP contribution < -0.4 is 10.2 Å². The number of anilines is 1. The van der Waals surface area contributed by atoms with Gasteiger partial charge in [-0.3, -0.25) is 4.79 Å². The lowest BCUT2D eigenvalue weighted by Gasteiger charge is -2.52. The number of ether oxygens (including phenoxy) is 2. The van der Waals surface area contributed by atoms with Gasteiger partial charge in [-0.1, -0.05) is 6.92 Å². The van der Waals surface area contributed by atoms with Crippen LogP contribution in [0.2, 0.25) is 0 Å². The third-order valence-electron chi connectivity index (χ3n) is 9.25. The highest BCUT2D eigenvalue weighted by Crippen LogP contribution is 2.45. The Morgan fingerprint density at radius 3 is 2.66 bits per heavy atom. The summed E-state index contributed by atoms with van der Waals surface area (Å²) in [5, 5.41) is 14.9. The van der Waals surface area contributed by atoms with Gasteiger partial charge in [0.1, 0.15) is 11.8 Å². The van der Waals surface area contributed by atoms with Gasteiger partial charge >= 0.3 is 6.18 Å². The van der Waals surface area contributed by atoms with Gasteiger partial charge in [0.05, 0.1) is 29.8 Å². The van der Waals surface area contributed by atoms with Crippen molar-refractivity contribution in [2.45, 2.75) is 94.4 Å². The molecule has 2 N–H and O–H groups in total. The Labute approximate surface area is 221 Å². The smallest absolute Gasteiger partial charge is 0.388 e. The Kier molecular flexibility index (Phi) is 6.93. The molecule has 4 aliphatic rings. The highest BCUT2D eigenvalue weighted by molar-refractivity contribution is 5.84. The van der Waals surface area contributed by atoms with Gasteiger partial charge in [0.15, 0.2) is 0 Å². The van der Waals surface area contributed by atoms with Crippen LogP contribution in [0.1, 0.15) is 58.6 Å². The summed E-state index contributed by atoms with van der Waals surface area (Å²) < 4.78 is 50.8. The van der Waals surface area contributed by atoms with Gasteiger partial charge in [-0.25, -0.2) is 9.97 Å². The molecule has 1 aliphatic carbocycles. The summed E-state index contributed by atoms with van der Waals surface area (Å²) in [5.74, 6) is 0.156. The van der Waals surface area contributed by atoms with Crippen molar-refractivity contribution in [3.8, 4) is 0 Å². The standard InChI is InChI=1S/C26H38F3N5O4/c1-23(2,36)25(8-10-38-15-20(25)37-4)32-16-5-7-24(3,12-16)21(35)33-13-18-11-17(33)14-34(18)22-30-9-6-19(31-22)26(27,28)29/h6,9,16-18,20,32,36H,5,7-8,10-15H2,1-4H3/t16-,17+,18-,20-,24+,25+/m1/s1. The number of aliphatic hydroxyl groups is 1. The minimum absolute atomic E-state index is 0.0286. The summed E-state index contributed by atoms with van der Waals surface area (Å²) >= 11 is 0. The SMILES string of the molecule is CO[C@@H]1COCC[C@@]1(N[C@@H]1CC[C@](C)(C(=O)N2C[C@H]3C[C@H]2CN3c2nccc(C(F)(F)F)n2)C1)C(C)(C)O. The Morgan fingerprint density at radius 1 is 1.26 bits per heavy atom. The maximum absolute atomic E-state index is 13.8.